The number of alkyl halides is 3. The standard InChI is InChI=1S/C15H10ClF3N2O2S/c16-10-5-8(21-24)4-9(15(17,18)19)14(10)7-1-2-12-11(3-7)20-13(22)6-23-12/h1-5,21,24H,6H2,(H,20,22). The predicted molar refractivity (Wildman–Crippen MR) is 88.6 cm³/mol. The minimum absolute atomic E-state index is 0.0932. The van der Waals surface area contributed by atoms with E-state index in [-0.39, 0.29) is 34.4 Å². The molecule has 0 fully saturated rings. The number of amides is 1. The molecule has 1 aliphatic heterocycles. The van der Waals surface area contributed by atoms with E-state index < -0.39 is 11.7 Å². The maximum Gasteiger partial charge on any atom is 0.417 e. The highest BCUT2D eigenvalue weighted by Gasteiger charge is 2.35. The summed E-state index contributed by atoms with van der Waals surface area (Å²) in [6, 6.07) is 6.61. The Morgan fingerprint density at radius 2 is 2.00 bits per heavy atom. The second-order valence-electron chi connectivity index (χ2n) is 5.04. The maximum absolute atomic E-state index is 13.4. The molecule has 2 aromatic rings. The summed E-state index contributed by atoms with van der Waals surface area (Å²) in [5.74, 6) is 0.00749. The Kier molecular flexibility index (Phi) is 4.27. The molecule has 0 saturated heterocycles. The highest BCUT2D eigenvalue weighted by Crippen LogP contribution is 2.44. The molecule has 2 aromatic carbocycles. The molecule has 0 radical (unpaired) electrons. The smallest absolute Gasteiger partial charge is 0.417 e. The van der Waals surface area contributed by atoms with Crippen LogP contribution in [-0.2, 0) is 11.0 Å². The molecular weight excluding hydrogens is 365 g/mol. The van der Waals surface area contributed by atoms with Crippen LogP contribution in [0, 0.1) is 0 Å². The molecule has 0 unspecified atom stereocenters. The minimum atomic E-state index is -4.62. The lowest BCUT2D eigenvalue weighted by Gasteiger charge is -2.20. The van der Waals surface area contributed by atoms with E-state index in [4.69, 9.17) is 16.3 Å². The molecule has 0 aliphatic carbocycles. The zero-order chi connectivity index (χ0) is 17.5. The van der Waals surface area contributed by atoms with Crippen molar-refractivity contribution < 1.29 is 22.7 Å². The Balaban J connectivity index is 2.19. The number of anilines is 2. The van der Waals surface area contributed by atoms with E-state index in [1.165, 1.54) is 24.3 Å². The van der Waals surface area contributed by atoms with Crippen LogP contribution >= 0.6 is 24.4 Å². The summed E-state index contributed by atoms with van der Waals surface area (Å²) < 4.78 is 47.8. The number of nitrogens with one attached hydrogen (secondary N) is 2. The largest absolute Gasteiger partial charge is 0.482 e. The molecule has 9 heteroatoms. The lowest BCUT2D eigenvalue weighted by molar-refractivity contribution is -0.137. The fraction of sp³-hybridized carbons (Fsp3) is 0.133. The third-order valence-corrected chi connectivity index (χ3v) is 3.98. The molecule has 1 amide bonds. The van der Waals surface area contributed by atoms with Crippen LogP contribution in [0.1, 0.15) is 5.56 Å². The lowest BCUT2D eigenvalue weighted by Crippen LogP contribution is -2.25. The van der Waals surface area contributed by atoms with E-state index in [0.29, 0.717) is 11.4 Å². The van der Waals surface area contributed by atoms with Crippen LogP contribution in [0.4, 0.5) is 24.5 Å². The van der Waals surface area contributed by atoms with Gasteiger partial charge >= 0.3 is 6.18 Å². The zero-order valence-electron chi connectivity index (χ0n) is 11.9. The SMILES string of the molecule is O=C1COc2ccc(-c3c(Cl)cc(NS)cc3C(F)(F)F)cc2N1. The summed E-state index contributed by atoms with van der Waals surface area (Å²) >= 11 is 9.83. The second kappa shape index (κ2) is 6.10. The maximum atomic E-state index is 13.4. The van der Waals surface area contributed by atoms with Gasteiger partial charge in [-0.15, -0.1) is 0 Å². The topological polar surface area (TPSA) is 50.4 Å². The van der Waals surface area contributed by atoms with Crippen molar-refractivity contribution in [1.29, 1.82) is 0 Å². The van der Waals surface area contributed by atoms with Gasteiger partial charge in [-0.2, -0.15) is 13.2 Å². The lowest BCUT2D eigenvalue weighted by atomic mass is 9.97. The van der Waals surface area contributed by atoms with E-state index in [2.05, 4.69) is 22.9 Å². The van der Waals surface area contributed by atoms with Crippen molar-refractivity contribution in [1.82, 2.24) is 0 Å². The molecule has 3 rings (SSSR count). The van der Waals surface area contributed by atoms with Gasteiger partial charge in [-0.25, -0.2) is 0 Å². The molecule has 4 nitrogen and oxygen atoms in total. The Hall–Kier alpha value is -2.06. The van der Waals surface area contributed by atoms with E-state index >= 15 is 0 Å². The van der Waals surface area contributed by atoms with E-state index in [9.17, 15) is 18.0 Å². The first-order chi connectivity index (χ1) is 11.3. The molecule has 0 bridgehead atoms. The highest BCUT2D eigenvalue weighted by atomic mass is 35.5. The average Bonchev–Trinajstić information content (AvgIpc) is 2.52. The van der Waals surface area contributed by atoms with E-state index in [1.54, 1.807) is 0 Å². The molecule has 0 atom stereocenters. The summed E-state index contributed by atoms with van der Waals surface area (Å²) in [4.78, 5) is 11.4. The molecule has 1 aliphatic rings. The summed E-state index contributed by atoms with van der Waals surface area (Å²) in [5, 5.41) is 2.46. The van der Waals surface area contributed by atoms with Gasteiger partial charge in [0.2, 0.25) is 0 Å². The van der Waals surface area contributed by atoms with Gasteiger partial charge < -0.3 is 14.8 Å². The number of hydrogen-bond acceptors (Lipinski definition) is 4. The molecule has 1 heterocycles. The number of hydrogen-bond donors (Lipinski definition) is 3. The predicted octanol–water partition coefficient (Wildman–Crippen LogP) is 4.61. The van der Waals surface area contributed by atoms with Crippen LogP contribution in [0.3, 0.4) is 0 Å². The summed E-state index contributed by atoms with van der Waals surface area (Å²) in [6.45, 7) is -0.136. The van der Waals surface area contributed by atoms with Crippen molar-refractivity contribution in [2.45, 2.75) is 6.18 Å². The van der Waals surface area contributed by atoms with Gasteiger partial charge in [0.1, 0.15) is 5.75 Å². The van der Waals surface area contributed by atoms with Crippen molar-refractivity contribution >= 4 is 41.7 Å². The molecule has 0 saturated carbocycles. The number of benzene rings is 2. The van der Waals surface area contributed by atoms with Gasteiger partial charge in [0.25, 0.3) is 5.91 Å². The number of fused-ring (bicyclic) bond motifs is 1. The Morgan fingerprint density at radius 3 is 2.67 bits per heavy atom. The second-order valence-corrected chi connectivity index (χ2v) is 5.67. The van der Waals surface area contributed by atoms with Gasteiger partial charge in [-0.05, 0) is 29.8 Å². The number of halogens is 4. The van der Waals surface area contributed by atoms with Crippen molar-refractivity contribution in [3.63, 3.8) is 0 Å². The summed E-state index contributed by atoms with van der Waals surface area (Å²) in [7, 11) is 0. The number of thiol groups is 1. The van der Waals surface area contributed by atoms with Gasteiger partial charge in [0.05, 0.1) is 16.3 Å². The quantitative estimate of drug-likeness (QED) is 0.673. The molecule has 0 aromatic heterocycles. The fourth-order valence-corrected chi connectivity index (χ4v) is 2.88. The first kappa shape index (κ1) is 16.8. The monoisotopic (exact) mass is 374 g/mol. The van der Waals surface area contributed by atoms with Crippen LogP contribution in [-0.4, -0.2) is 12.5 Å². The van der Waals surface area contributed by atoms with E-state index in [1.807, 2.05) is 0 Å². The number of carbonyl (C=O) groups is 1. The Morgan fingerprint density at radius 1 is 1.25 bits per heavy atom. The average molecular weight is 375 g/mol. The van der Waals surface area contributed by atoms with Gasteiger partial charge in [0.15, 0.2) is 6.61 Å². The van der Waals surface area contributed by atoms with Crippen molar-refractivity contribution in [3.05, 3.63) is 40.9 Å². The molecular formula is C15H10ClF3N2O2S. The summed E-state index contributed by atoms with van der Waals surface area (Å²) in [6.07, 6.45) is -4.62. The normalized spacial score (nSPS) is 13.8. The van der Waals surface area contributed by atoms with Crippen LogP contribution in [0.2, 0.25) is 5.02 Å². The fourth-order valence-electron chi connectivity index (χ4n) is 2.43. The zero-order valence-corrected chi connectivity index (χ0v) is 13.5. The number of ether oxygens (including phenoxy) is 1. The van der Waals surface area contributed by atoms with Crippen LogP contribution in [0.25, 0.3) is 11.1 Å². The van der Waals surface area contributed by atoms with Crippen LogP contribution in [0.5, 0.6) is 5.75 Å². The molecule has 2 N–H and O–H groups in total. The molecule has 24 heavy (non-hydrogen) atoms. The molecule has 0 spiro atoms. The van der Waals surface area contributed by atoms with Gasteiger partial charge in [-0.1, -0.05) is 30.5 Å². The highest BCUT2D eigenvalue weighted by molar-refractivity contribution is 7.81. The third-order valence-electron chi connectivity index (χ3n) is 3.43. The first-order valence-electron chi connectivity index (χ1n) is 6.67. The van der Waals surface area contributed by atoms with Crippen molar-refractivity contribution in [3.8, 4) is 16.9 Å². The Bertz CT molecular complexity index is 827. The first-order valence-corrected chi connectivity index (χ1v) is 7.50. The number of rotatable bonds is 2. The van der Waals surface area contributed by atoms with Gasteiger partial charge in [0, 0.05) is 11.3 Å². The Labute approximate surface area is 145 Å². The number of carbonyl (C=O) groups excluding carboxylic acids is 1. The third kappa shape index (κ3) is 3.11. The van der Waals surface area contributed by atoms with E-state index in [0.717, 1.165) is 6.07 Å². The molecule has 126 valence electrons. The van der Waals surface area contributed by atoms with Gasteiger partial charge in [-0.3, -0.25) is 4.79 Å². The minimum Gasteiger partial charge on any atom is -0.482 e. The summed E-state index contributed by atoms with van der Waals surface area (Å²) in [5.41, 5.74) is -0.463. The van der Waals surface area contributed by atoms with Crippen molar-refractivity contribution in [2.75, 3.05) is 16.6 Å². The van der Waals surface area contributed by atoms with Crippen LogP contribution in [0.15, 0.2) is 30.3 Å². The van der Waals surface area contributed by atoms with Crippen molar-refractivity contribution in [2.24, 2.45) is 0 Å². The van der Waals surface area contributed by atoms with Crippen LogP contribution < -0.4 is 14.8 Å².